The van der Waals surface area contributed by atoms with Crippen LogP contribution in [-0.2, 0) is 14.3 Å². The van der Waals surface area contributed by atoms with Gasteiger partial charge in [0, 0.05) is 0 Å². The molecule has 0 saturated carbocycles. The number of allylic oxidation sites excluding steroid dienone is 2. The molecule has 23 heavy (non-hydrogen) atoms. The quantitative estimate of drug-likeness (QED) is 0.294. The highest BCUT2D eigenvalue weighted by molar-refractivity contribution is 5.74. The van der Waals surface area contributed by atoms with Crippen LogP contribution in [-0.4, -0.2) is 25.8 Å². The third-order valence-electron chi connectivity index (χ3n) is 3.26. The van der Waals surface area contributed by atoms with Crippen LogP contribution in [0.3, 0.4) is 0 Å². The Kier molecular flexibility index (Phi) is 8.58. The molecule has 1 atom stereocenters. The maximum absolute atomic E-state index is 11.8. The molecule has 0 spiro atoms. The van der Waals surface area contributed by atoms with E-state index in [-0.39, 0.29) is 5.97 Å². The van der Waals surface area contributed by atoms with Crippen LogP contribution >= 0.6 is 0 Å². The summed E-state index contributed by atoms with van der Waals surface area (Å²) in [5.74, 6) is 0.449. The molecule has 4 nitrogen and oxygen atoms in total. The summed E-state index contributed by atoms with van der Waals surface area (Å²) in [4.78, 5) is 11.8. The molecule has 0 saturated heterocycles. The number of hydrogen-bond acceptors (Lipinski definition) is 4. The van der Waals surface area contributed by atoms with Crippen LogP contribution in [0.4, 0.5) is 0 Å². The van der Waals surface area contributed by atoms with Gasteiger partial charge in [-0.1, -0.05) is 31.2 Å². The van der Waals surface area contributed by atoms with E-state index in [1.54, 1.807) is 20.3 Å². The molecule has 1 aromatic carbocycles. The van der Waals surface area contributed by atoms with Crippen LogP contribution in [0, 0.1) is 0 Å². The van der Waals surface area contributed by atoms with Crippen molar-refractivity contribution in [1.82, 2.24) is 0 Å². The summed E-state index contributed by atoms with van der Waals surface area (Å²) in [5.41, 5.74) is 1.94. The van der Waals surface area contributed by atoms with Crippen molar-refractivity contribution < 1.29 is 19.0 Å². The fourth-order valence-corrected chi connectivity index (χ4v) is 1.81. The number of hydrogen-bond donors (Lipinski definition) is 0. The van der Waals surface area contributed by atoms with Gasteiger partial charge in [0.1, 0.15) is 5.75 Å². The first kappa shape index (κ1) is 18.8. The summed E-state index contributed by atoms with van der Waals surface area (Å²) in [6.45, 7) is 6.05. The third kappa shape index (κ3) is 7.04. The number of carbonyl (C=O) groups excluding carboxylic acids is 1. The molecule has 1 unspecified atom stereocenters. The molecular weight excluding hydrogens is 292 g/mol. The highest BCUT2D eigenvalue weighted by Crippen LogP contribution is 2.18. The van der Waals surface area contributed by atoms with E-state index in [9.17, 15) is 4.79 Å². The van der Waals surface area contributed by atoms with Crippen molar-refractivity contribution in [3.63, 3.8) is 0 Å². The molecule has 0 aliphatic carbocycles. The van der Waals surface area contributed by atoms with Crippen molar-refractivity contribution in [2.75, 3.05) is 13.7 Å². The molecular formula is C19H26O4. The van der Waals surface area contributed by atoms with Crippen molar-refractivity contribution in [2.45, 2.75) is 39.7 Å². The van der Waals surface area contributed by atoms with E-state index in [1.807, 2.05) is 37.3 Å². The minimum atomic E-state index is -0.627. The number of benzene rings is 1. The van der Waals surface area contributed by atoms with Gasteiger partial charge in [-0.3, -0.25) is 0 Å². The molecule has 0 fully saturated rings. The fourth-order valence-electron chi connectivity index (χ4n) is 1.81. The van der Waals surface area contributed by atoms with Gasteiger partial charge in [0.2, 0.25) is 0 Å². The van der Waals surface area contributed by atoms with Crippen molar-refractivity contribution in [3.8, 4) is 5.75 Å². The van der Waals surface area contributed by atoms with Crippen LogP contribution in [0.15, 0.2) is 42.7 Å². The zero-order valence-corrected chi connectivity index (χ0v) is 14.4. The van der Waals surface area contributed by atoms with E-state index in [0.29, 0.717) is 6.61 Å². The average Bonchev–Trinajstić information content (AvgIpc) is 2.59. The second-order valence-electron chi connectivity index (χ2n) is 5.14. The maximum Gasteiger partial charge on any atom is 0.347 e. The first-order chi connectivity index (χ1) is 11.1. The lowest BCUT2D eigenvalue weighted by Crippen LogP contribution is -2.22. The standard InChI is InChI=1S/C19H26O4/c1-5-6-7-8-13-22-19(20)16(3)23-14-15(2)17-9-11-18(21-4)12-10-17/h6-7,9-12,14,16H,5,8,13H2,1-4H3/b7-6-,15-14?. The van der Waals surface area contributed by atoms with Crippen molar-refractivity contribution in [1.29, 1.82) is 0 Å². The monoisotopic (exact) mass is 318 g/mol. The lowest BCUT2D eigenvalue weighted by Gasteiger charge is -2.12. The summed E-state index contributed by atoms with van der Waals surface area (Å²) >= 11 is 0. The molecule has 0 N–H and O–H groups in total. The van der Waals surface area contributed by atoms with Gasteiger partial charge in [-0.25, -0.2) is 4.79 Å². The number of rotatable bonds is 9. The Morgan fingerprint density at radius 1 is 1.22 bits per heavy atom. The Morgan fingerprint density at radius 2 is 1.91 bits per heavy atom. The third-order valence-corrected chi connectivity index (χ3v) is 3.26. The maximum atomic E-state index is 11.8. The lowest BCUT2D eigenvalue weighted by molar-refractivity contribution is -0.152. The van der Waals surface area contributed by atoms with Gasteiger partial charge in [0.05, 0.1) is 20.0 Å². The average molecular weight is 318 g/mol. The Bertz CT molecular complexity index is 529. The topological polar surface area (TPSA) is 44.8 Å². The highest BCUT2D eigenvalue weighted by Gasteiger charge is 2.14. The summed E-state index contributed by atoms with van der Waals surface area (Å²) < 4.78 is 15.8. The fraction of sp³-hybridized carbons (Fsp3) is 0.421. The van der Waals surface area contributed by atoms with Crippen molar-refractivity contribution in [2.24, 2.45) is 0 Å². The normalized spacial score (nSPS) is 13.0. The second-order valence-corrected chi connectivity index (χ2v) is 5.14. The first-order valence-corrected chi connectivity index (χ1v) is 7.86. The Morgan fingerprint density at radius 3 is 2.52 bits per heavy atom. The molecule has 0 aromatic heterocycles. The molecule has 126 valence electrons. The Hall–Kier alpha value is -2.23. The minimum absolute atomic E-state index is 0.353. The Balaban J connectivity index is 2.44. The molecule has 0 aliphatic heterocycles. The van der Waals surface area contributed by atoms with Gasteiger partial charge in [0.15, 0.2) is 6.10 Å². The van der Waals surface area contributed by atoms with Crippen molar-refractivity contribution >= 4 is 11.5 Å². The number of methoxy groups -OCH3 is 1. The van der Waals surface area contributed by atoms with E-state index >= 15 is 0 Å². The van der Waals surface area contributed by atoms with Crippen LogP contribution in [0.25, 0.3) is 5.57 Å². The molecule has 0 heterocycles. The second kappa shape index (κ2) is 10.5. The first-order valence-electron chi connectivity index (χ1n) is 7.86. The predicted molar refractivity (Wildman–Crippen MR) is 92.2 cm³/mol. The van der Waals surface area contributed by atoms with E-state index in [2.05, 4.69) is 13.0 Å². The molecule has 1 rings (SSSR count). The molecule has 1 aromatic rings. The van der Waals surface area contributed by atoms with Gasteiger partial charge in [-0.15, -0.1) is 0 Å². The van der Waals surface area contributed by atoms with Crippen molar-refractivity contribution in [3.05, 3.63) is 48.2 Å². The Labute approximate surface area is 138 Å². The highest BCUT2D eigenvalue weighted by atomic mass is 16.6. The molecule has 0 aliphatic rings. The van der Waals surface area contributed by atoms with Gasteiger partial charge in [-0.2, -0.15) is 0 Å². The number of ether oxygens (including phenoxy) is 3. The molecule has 0 radical (unpaired) electrons. The largest absolute Gasteiger partial charge is 0.497 e. The van der Waals surface area contributed by atoms with Crippen LogP contribution in [0.1, 0.15) is 39.2 Å². The predicted octanol–water partition coefficient (Wildman–Crippen LogP) is 4.36. The minimum Gasteiger partial charge on any atom is -0.497 e. The SMILES string of the molecule is CC/C=C\CCOC(=O)C(C)OC=C(C)c1ccc(OC)cc1. The van der Waals surface area contributed by atoms with Crippen LogP contribution in [0.5, 0.6) is 5.75 Å². The zero-order valence-electron chi connectivity index (χ0n) is 14.4. The summed E-state index contributed by atoms with van der Waals surface area (Å²) in [6, 6.07) is 7.65. The molecule has 4 heteroatoms. The van der Waals surface area contributed by atoms with Gasteiger partial charge in [0.25, 0.3) is 0 Å². The number of carbonyl (C=O) groups is 1. The summed E-state index contributed by atoms with van der Waals surface area (Å²) in [7, 11) is 1.63. The van der Waals surface area contributed by atoms with Gasteiger partial charge < -0.3 is 14.2 Å². The summed E-state index contributed by atoms with van der Waals surface area (Å²) in [5, 5.41) is 0. The molecule has 0 amide bonds. The van der Waals surface area contributed by atoms with Crippen LogP contribution in [0.2, 0.25) is 0 Å². The zero-order chi connectivity index (χ0) is 17.1. The van der Waals surface area contributed by atoms with Gasteiger partial charge in [-0.05, 0) is 50.0 Å². The van der Waals surface area contributed by atoms with E-state index in [0.717, 1.165) is 29.7 Å². The van der Waals surface area contributed by atoms with E-state index < -0.39 is 6.10 Å². The van der Waals surface area contributed by atoms with Crippen LogP contribution < -0.4 is 4.74 Å². The van der Waals surface area contributed by atoms with E-state index in [4.69, 9.17) is 14.2 Å². The van der Waals surface area contributed by atoms with Gasteiger partial charge >= 0.3 is 5.97 Å². The molecule has 0 bridgehead atoms. The summed E-state index contributed by atoms with van der Waals surface area (Å²) in [6.07, 6.45) is 6.74. The van der Waals surface area contributed by atoms with E-state index in [1.165, 1.54) is 0 Å². The number of esters is 1. The lowest BCUT2D eigenvalue weighted by atomic mass is 10.1. The smallest absolute Gasteiger partial charge is 0.347 e.